The Kier molecular flexibility index (Phi) is 9.51. The molecule has 31 heavy (non-hydrogen) atoms. The van der Waals surface area contributed by atoms with Crippen molar-refractivity contribution in [1.82, 2.24) is 0 Å². The van der Waals surface area contributed by atoms with Crippen molar-refractivity contribution in [3.05, 3.63) is 24.3 Å². The zero-order valence-corrected chi connectivity index (χ0v) is 21.8. The van der Waals surface area contributed by atoms with Crippen LogP contribution in [0.25, 0.3) is 0 Å². The minimum absolute atomic E-state index is 0.261. The molecule has 0 spiro atoms. The predicted octanol–water partition coefficient (Wildman–Crippen LogP) is 7.73. The molecule has 10 atom stereocenters. The molecule has 176 valence electrons. The van der Waals surface area contributed by atoms with Gasteiger partial charge in [-0.1, -0.05) is 79.7 Å². The molecule has 1 nitrogen and oxygen atoms in total. The summed E-state index contributed by atoms with van der Waals surface area (Å²) in [5, 5.41) is 0. The maximum Gasteiger partial charge on any atom is 0.0251 e. The van der Waals surface area contributed by atoms with Gasteiger partial charge in [0.1, 0.15) is 0 Å². The summed E-state index contributed by atoms with van der Waals surface area (Å²) in [5.41, 5.74) is 6.89. The van der Waals surface area contributed by atoms with Gasteiger partial charge in [-0.2, -0.15) is 0 Å². The van der Waals surface area contributed by atoms with Crippen LogP contribution in [0.2, 0.25) is 0 Å². The minimum Gasteiger partial charge on any atom is -0.328 e. The first-order valence-electron chi connectivity index (χ1n) is 13.0. The fourth-order valence-electron chi connectivity index (χ4n) is 6.79. The van der Waals surface area contributed by atoms with Gasteiger partial charge in [0, 0.05) is 12.0 Å². The third kappa shape index (κ3) is 7.53. The lowest BCUT2D eigenvalue weighted by atomic mass is 9.62. The summed E-state index contributed by atoms with van der Waals surface area (Å²) in [6.45, 7) is 19.3. The molecule has 2 N–H and O–H groups in total. The lowest BCUT2D eigenvalue weighted by Crippen LogP contribution is -2.41. The zero-order chi connectivity index (χ0) is 23.3. The van der Waals surface area contributed by atoms with E-state index in [-0.39, 0.29) is 6.04 Å². The van der Waals surface area contributed by atoms with E-state index in [2.05, 4.69) is 85.6 Å². The van der Waals surface area contributed by atoms with E-state index in [1.165, 1.54) is 19.3 Å². The van der Waals surface area contributed by atoms with E-state index in [1.54, 1.807) is 0 Å². The summed E-state index contributed by atoms with van der Waals surface area (Å²) in [6.07, 6.45) is 21.8. The van der Waals surface area contributed by atoms with Gasteiger partial charge in [-0.25, -0.2) is 0 Å². The minimum atomic E-state index is 0.261. The standard InChI is InChI=1S/C30H51N/c1-10-25-17-27(31)18-26-15-16-28(23(5)19-30(7,8)9)24(6)21(3)13-11-20(2)12-14-22(4)29(25)26/h1,11-14,20-29H,15-19,31H2,2-9H3/b13-11-,14-12-. The van der Waals surface area contributed by atoms with Crippen LogP contribution >= 0.6 is 0 Å². The molecule has 0 bridgehead atoms. The average molecular weight is 426 g/mol. The van der Waals surface area contributed by atoms with E-state index >= 15 is 0 Å². The third-order valence-corrected chi connectivity index (χ3v) is 8.47. The van der Waals surface area contributed by atoms with Crippen molar-refractivity contribution in [2.75, 3.05) is 0 Å². The lowest BCUT2D eigenvalue weighted by molar-refractivity contribution is 0.0988. The van der Waals surface area contributed by atoms with Crippen LogP contribution in [0.15, 0.2) is 24.3 Å². The highest BCUT2D eigenvalue weighted by Crippen LogP contribution is 2.45. The third-order valence-electron chi connectivity index (χ3n) is 8.47. The van der Waals surface area contributed by atoms with Crippen molar-refractivity contribution >= 4 is 0 Å². The van der Waals surface area contributed by atoms with Gasteiger partial charge in [0.2, 0.25) is 0 Å². The van der Waals surface area contributed by atoms with E-state index < -0.39 is 0 Å². The Morgan fingerprint density at radius 1 is 0.968 bits per heavy atom. The zero-order valence-electron chi connectivity index (χ0n) is 21.8. The molecule has 0 heterocycles. The first kappa shape index (κ1) is 26.3. The molecule has 1 fully saturated rings. The quantitative estimate of drug-likeness (QED) is 0.355. The van der Waals surface area contributed by atoms with Crippen molar-refractivity contribution in [1.29, 1.82) is 0 Å². The molecule has 0 aromatic carbocycles. The fraction of sp³-hybridized carbons (Fsp3) is 0.800. The summed E-state index contributed by atoms with van der Waals surface area (Å²) < 4.78 is 0. The first-order chi connectivity index (χ1) is 14.4. The van der Waals surface area contributed by atoms with E-state index in [0.29, 0.717) is 46.8 Å². The second-order valence-electron chi connectivity index (χ2n) is 12.5. The van der Waals surface area contributed by atoms with E-state index in [1.807, 2.05) is 0 Å². The molecule has 10 unspecified atom stereocenters. The van der Waals surface area contributed by atoms with E-state index in [4.69, 9.17) is 12.2 Å². The Bertz CT molecular complexity index is 644. The topological polar surface area (TPSA) is 26.0 Å². The number of terminal acetylenes is 1. The molecule has 2 aliphatic carbocycles. The molecule has 0 aromatic rings. The number of allylic oxidation sites excluding steroid dienone is 4. The maximum absolute atomic E-state index is 6.52. The van der Waals surface area contributed by atoms with Gasteiger partial charge in [-0.3, -0.25) is 0 Å². The van der Waals surface area contributed by atoms with Crippen LogP contribution in [-0.4, -0.2) is 6.04 Å². The number of fused-ring (bicyclic) bond motifs is 1. The molecule has 1 saturated carbocycles. The molecule has 1 heteroatoms. The van der Waals surface area contributed by atoms with Crippen molar-refractivity contribution in [3.8, 4) is 12.3 Å². The number of rotatable bonds is 2. The van der Waals surface area contributed by atoms with Gasteiger partial charge in [0.15, 0.2) is 0 Å². The van der Waals surface area contributed by atoms with Gasteiger partial charge < -0.3 is 5.73 Å². The molecule has 0 aromatic heterocycles. The molecule has 0 amide bonds. The summed E-state index contributed by atoms with van der Waals surface area (Å²) in [5.74, 6) is 8.39. The number of hydrogen-bond donors (Lipinski definition) is 1. The summed E-state index contributed by atoms with van der Waals surface area (Å²) in [7, 11) is 0. The molecular formula is C30H51N. The summed E-state index contributed by atoms with van der Waals surface area (Å²) >= 11 is 0. The fourth-order valence-corrected chi connectivity index (χ4v) is 6.79. The molecular weight excluding hydrogens is 374 g/mol. The Labute approximate surface area is 194 Å². The molecule has 0 radical (unpaired) electrons. The first-order valence-corrected chi connectivity index (χ1v) is 13.0. The van der Waals surface area contributed by atoms with Crippen molar-refractivity contribution in [2.45, 2.75) is 93.5 Å². The Hall–Kier alpha value is -1.00. The molecule has 0 aliphatic heterocycles. The number of nitrogens with two attached hydrogens (primary N) is 1. The SMILES string of the molecule is C#CC1CC(N)CC2CCC(C(C)CC(C)(C)C)C(C)C(C)/C=C\C(C)/C=C\C(C)C12. The molecule has 2 aliphatic rings. The van der Waals surface area contributed by atoms with Gasteiger partial charge in [0.05, 0.1) is 0 Å². The van der Waals surface area contributed by atoms with Crippen molar-refractivity contribution in [3.63, 3.8) is 0 Å². The van der Waals surface area contributed by atoms with E-state index in [9.17, 15) is 0 Å². The van der Waals surface area contributed by atoms with Crippen LogP contribution in [0.5, 0.6) is 0 Å². The second-order valence-corrected chi connectivity index (χ2v) is 12.5. The van der Waals surface area contributed by atoms with Crippen LogP contribution in [0, 0.1) is 71.0 Å². The van der Waals surface area contributed by atoms with Gasteiger partial charge in [0.25, 0.3) is 0 Å². The lowest BCUT2D eigenvalue weighted by Gasteiger charge is -2.43. The summed E-state index contributed by atoms with van der Waals surface area (Å²) in [4.78, 5) is 0. The van der Waals surface area contributed by atoms with Crippen molar-refractivity contribution in [2.24, 2.45) is 64.4 Å². The normalized spacial score (nSPS) is 43.3. The molecule has 2 rings (SSSR count). The van der Waals surface area contributed by atoms with Crippen LogP contribution < -0.4 is 5.73 Å². The number of hydrogen-bond acceptors (Lipinski definition) is 1. The second kappa shape index (κ2) is 11.2. The highest BCUT2D eigenvalue weighted by molar-refractivity contribution is 5.09. The predicted molar refractivity (Wildman–Crippen MR) is 137 cm³/mol. The molecule has 0 saturated heterocycles. The Morgan fingerprint density at radius 2 is 1.58 bits per heavy atom. The van der Waals surface area contributed by atoms with Gasteiger partial charge >= 0.3 is 0 Å². The largest absolute Gasteiger partial charge is 0.328 e. The monoisotopic (exact) mass is 425 g/mol. The average Bonchev–Trinajstić information content (AvgIpc) is 2.68. The van der Waals surface area contributed by atoms with Crippen LogP contribution in [0.1, 0.15) is 87.5 Å². The highest BCUT2D eigenvalue weighted by atomic mass is 14.7. The Balaban J connectivity index is 2.38. The Morgan fingerprint density at radius 3 is 2.16 bits per heavy atom. The maximum atomic E-state index is 6.52. The van der Waals surface area contributed by atoms with Gasteiger partial charge in [-0.15, -0.1) is 12.3 Å². The van der Waals surface area contributed by atoms with Crippen LogP contribution in [0.3, 0.4) is 0 Å². The summed E-state index contributed by atoms with van der Waals surface area (Å²) in [6, 6.07) is 0.261. The smallest absolute Gasteiger partial charge is 0.0251 e. The van der Waals surface area contributed by atoms with Crippen LogP contribution in [-0.2, 0) is 0 Å². The van der Waals surface area contributed by atoms with Crippen molar-refractivity contribution < 1.29 is 0 Å². The highest BCUT2D eigenvalue weighted by Gasteiger charge is 2.39. The van der Waals surface area contributed by atoms with E-state index in [0.717, 1.165) is 24.7 Å². The van der Waals surface area contributed by atoms with Crippen LogP contribution in [0.4, 0.5) is 0 Å². The van der Waals surface area contributed by atoms with Gasteiger partial charge in [-0.05, 0) is 84.9 Å².